The van der Waals surface area contributed by atoms with Crippen molar-refractivity contribution in [3.8, 4) is 0 Å². The minimum Gasteiger partial charge on any atom is -0.310 e. The fourth-order valence-electron chi connectivity index (χ4n) is 2.64. The van der Waals surface area contributed by atoms with Gasteiger partial charge in [-0.2, -0.15) is 0 Å². The summed E-state index contributed by atoms with van der Waals surface area (Å²) in [5.41, 5.74) is 0.351. The van der Waals surface area contributed by atoms with Crippen molar-refractivity contribution in [3.05, 3.63) is 0 Å². The molecular formula is C12H25N3. The lowest BCUT2D eigenvalue weighted by atomic mass is 9.97. The Morgan fingerprint density at radius 1 is 1.33 bits per heavy atom. The van der Waals surface area contributed by atoms with E-state index in [0.717, 1.165) is 19.1 Å². The summed E-state index contributed by atoms with van der Waals surface area (Å²) < 4.78 is 0. The summed E-state index contributed by atoms with van der Waals surface area (Å²) in [5, 5.41) is 3.67. The van der Waals surface area contributed by atoms with Crippen molar-refractivity contribution in [2.75, 3.05) is 33.7 Å². The van der Waals surface area contributed by atoms with E-state index in [9.17, 15) is 0 Å². The van der Waals surface area contributed by atoms with E-state index < -0.39 is 0 Å². The molecule has 1 aliphatic carbocycles. The molecule has 15 heavy (non-hydrogen) atoms. The quantitative estimate of drug-likeness (QED) is 0.743. The number of hydrogen-bond donors (Lipinski definition) is 1. The largest absolute Gasteiger partial charge is 0.310 e. The normalized spacial score (nSPS) is 32.2. The van der Waals surface area contributed by atoms with Crippen molar-refractivity contribution < 1.29 is 0 Å². The van der Waals surface area contributed by atoms with E-state index in [1.165, 1.54) is 19.4 Å². The van der Waals surface area contributed by atoms with Crippen molar-refractivity contribution in [2.45, 2.75) is 44.3 Å². The van der Waals surface area contributed by atoms with Crippen molar-refractivity contribution in [1.82, 2.24) is 15.1 Å². The Hall–Kier alpha value is -0.120. The molecule has 1 atom stereocenters. The van der Waals surface area contributed by atoms with Gasteiger partial charge >= 0.3 is 0 Å². The van der Waals surface area contributed by atoms with Gasteiger partial charge in [0, 0.05) is 37.3 Å². The van der Waals surface area contributed by atoms with Gasteiger partial charge in [-0.3, -0.25) is 4.90 Å². The first-order chi connectivity index (χ1) is 6.99. The Morgan fingerprint density at radius 2 is 2.00 bits per heavy atom. The fraction of sp³-hybridized carbons (Fsp3) is 1.00. The average molecular weight is 211 g/mol. The van der Waals surface area contributed by atoms with E-state index in [1.807, 2.05) is 0 Å². The second-order valence-corrected chi connectivity index (χ2v) is 6.04. The average Bonchev–Trinajstić information content (AvgIpc) is 2.90. The molecule has 88 valence electrons. The predicted octanol–water partition coefficient (Wildman–Crippen LogP) is 0.763. The first-order valence-electron chi connectivity index (χ1n) is 6.14. The van der Waals surface area contributed by atoms with E-state index in [-0.39, 0.29) is 0 Å². The summed E-state index contributed by atoms with van der Waals surface area (Å²) in [6, 6.07) is 1.53. The molecule has 1 aliphatic heterocycles. The van der Waals surface area contributed by atoms with Crippen LogP contribution >= 0.6 is 0 Å². The molecule has 0 aromatic carbocycles. The highest BCUT2D eigenvalue weighted by atomic mass is 15.3. The highest BCUT2D eigenvalue weighted by Crippen LogP contribution is 2.34. The van der Waals surface area contributed by atoms with Crippen LogP contribution in [0.4, 0.5) is 0 Å². The van der Waals surface area contributed by atoms with E-state index in [4.69, 9.17) is 0 Å². The van der Waals surface area contributed by atoms with Crippen LogP contribution in [0.25, 0.3) is 0 Å². The first kappa shape index (κ1) is 11.4. The highest BCUT2D eigenvalue weighted by molar-refractivity contribution is 5.00. The molecule has 3 nitrogen and oxygen atoms in total. The van der Waals surface area contributed by atoms with E-state index in [1.54, 1.807) is 0 Å². The van der Waals surface area contributed by atoms with Crippen LogP contribution in [-0.2, 0) is 0 Å². The van der Waals surface area contributed by atoms with Gasteiger partial charge in [0.1, 0.15) is 0 Å². The number of hydrogen-bond acceptors (Lipinski definition) is 3. The zero-order valence-electron chi connectivity index (χ0n) is 10.6. The third-order valence-electron chi connectivity index (χ3n) is 3.59. The van der Waals surface area contributed by atoms with E-state index in [2.05, 4.69) is 43.1 Å². The van der Waals surface area contributed by atoms with Crippen LogP contribution in [0, 0.1) is 0 Å². The minimum absolute atomic E-state index is 0.351. The van der Waals surface area contributed by atoms with Crippen LogP contribution in [0.15, 0.2) is 0 Å². The standard InChI is InChI=1S/C12H25N3/c1-12(2)9-13-10(7-14(3)4)8-15(12)11-5-6-11/h10-11,13H,5-9H2,1-4H3. The molecule has 0 aromatic rings. The summed E-state index contributed by atoms with van der Waals surface area (Å²) in [6.45, 7) is 8.23. The molecule has 2 rings (SSSR count). The van der Waals surface area contributed by atoms with Crippen LogP contribution < -0.4 is 5.32 Å². The number of nitrogens with zero attached hydrogens (tertiary/aromatic N) is 2. The molecule has 3 heteroatoms. The Kier molecular flexibility index (Phi) is 3.06. The zero-order valence-corrected chi connectivity index (χ0v) is 10.6. The molecular weight excluding hydrogens is 186 g/mol. The van der Waals surface area contributed by atoms with Crippen LogP contribution in [-0.4, -0.2) is 61.2 Å². The van der Waals surface area contributed by atoms with Crippen LogP contribution in [0.3, 0.4) is 0 Å². The van der Waals surface area contributed by atoms with Gasteiger partial charge < -0.3 is 10.2 Å². The van der Waals surface area contributed by atoms with Crippen LogP contribution in [0.2, 0.25) is 0 Å². The molecule has 1 unspecified atom stereocenters. The number of nitrogens with one attached hydrogen (secondary N) is 1. The Labute approximate surface area is 93.8 Å². The van der Waals surface area contributed by atoms with Gasteiger partial charge in [-0.15, -0.1) is 0 Å². The molecule has 2 fully saturated rings. The lowest BCUT2D eigenvalue weighted by molar-refractivity contribution is 0.0518. The van der Waals surface area contributed by atoms with E-state index in [0.29, 0.717) is 11.6 Å². The zero-order chi connectivity index (χ0) is 11.1. The molecule has 0 amide bonds. The minimum atomic E-state index is 0.351. The van der Waals surface area contributed by atoms with Crippen molar-refractivity contribution in [1.29, 1.82) is 0 Å². The van der Waals surface area contributed by atoms with Gasteiger partial charge in [-0.1, -0.05) is 0 Å². The second kappa shape index (κ2) is 4.04. The molecule has 0 aromatic heterocycles. The smallest absolute Gasteiger partial charge is 0.0323 e. The molecule has 1 heterocycles. The fourth-order valence-corrected chi connectivity index (χ4v) is 2.64. The molecule has 1 N–H and O–H groups in total. The van der Waals surface area contributed by atoms with Gasteiger partial charge in [0.15, 0.2) is 0 Å². The number of rotatable bonds is 3. The molecule has 2 aliphatic rings. The molecule has 1 saturated heterocycles. The summed E-state index contributed by atoms with van der Waals surface area (Å²) in [5.74, 6) is 0. The molecule has 0 bridgehead atoms. The lowest BCUT2D eigenvalue weighted by Crippen LogP contribution is -2.64. The third kappa shape index (κ3) is 2.71. The van der Waals surface area contributed by atoms with Crippen LogP contribution in [0.5, 0.6) is 0 Å². The number of piperazine rings is 1. The van der Waals surface area contributed by atoms with Crippen molar-refractivity contribution in [2.24, 2.45) is 0 Å². The van der Waals surface area contributed by atoms with Crippen molar-refractivity contribution in [3.63, 3.8) is 0 Å². The summed E-state index contributed by atoms with van der Waals surface area (Å²) >= 11 is 0. The predicted molar refractivity (Wildman–Crippen MR) is 64.2 cm³/mol. The highest BCUT2D eigenvalue weighted by Gasteiger charge is 2.42. The second-order valence-electron chi connectivity index (χ2n) is 6.04. The van der Waals surface area contributed by atoms with Crippen molar-refractivity contribution >= 4 is 0 Å². The van der Waals surface area contributed by atoms with Gasteiger partial charge in [0.2, 0.25) is 0 Å². The Bertz CT molecular complexity index is 221. The number of likely N-dealkylation sites (N-methyl/N-ethyl adjacent to an activating group) is 1. The Morgan fingerprint density at radius 3 is 2.53 bits per heavy atom. The maximum absolute atomic E-state index is 3.67. The van der Waals surface area contributed by atoms with Gasteiger partial charge in [-0.05, 0) is 40.8 Å². The molecule has 0 spiro atoms. The topological polar surface area (TPSA) is 18.5 Å². The SMILES string of the molecule is CN(C)CC1CN(C2CC2)C(C)(C)CN1. The maximum Gasteiger partial charge on any atom is 0.0323 e. The third-order valence-corrected chi connectivity index (χ3v) is 3.59. The first-order valence-corrected chi connectivity index (χ1v) is 6.14. The van der Waals surface area contributed by atoms with Gasteiger partial charge in [-0.25, -0.2) is 0 Å². The Balaban J connectivity index is 1.94. The summed E-state index contributed by atoms with van der Waals surface area (Å²) in [6.07, 6.45) is 2.83. The monoisotopic (exact) mass is 211 g/mol. The molecule has 1 saturated carbocycles. The maximum atomic E-state index is 3.67. The summed E-state index contributed by atoms with van der Waals surface area (Å²) in [7, 11) is 4.31. The van der Waals surface area contributed by atoms with Gasteiger partial charge in [0.05, 0.1) is 0 Å². The van der Waals surface area contributed by atoms with E-state index >= 15 is 0 Å². The van der Waals surface area contributed by atoms with Crippen LogP contribution in [0.1, 0.15) is 26.7 Å². The van der Waals surface area contributed by atoms with Gasteiger partial charge in [0.25, 0.3) is 0 Å². The summed E-state index contributed by atoms with van der Waals surface area (Å²) in [4.78, 5) is 5.00. The lowest BCUT2D eigenvalue weighted by Gasteiger charge is -2.47. The molecule has 0 radical (unpaired) electrons.